The molecule has 2 aromatic heterocycles. The normalized spacial score (nSPS) is 11.5. The Hall–Kier alpha value is -3.00. The summed E-state index contributed by atoms with van der Waals surface area (Å²) in [6.07, 6.45) is 1.44. The molecular formula is C20H22N4O3S. The topological polar surface area (TPSA) is 93.1 Å². The van der Waals surface area contributed by atoms with E-state index in [0.29, 0.717) is 31.9 Å². The van der Waals surface area contributed by atoms with Gasteiger partial charge in [0.05, 0.1) is 16.6 Å². The van der Waals surface area contributed by atoms with E-state index >= 15 is 0 Å². The second-order valence-electron chi connectivity index (χ2n) is 7.64. The molecule has 8 heteroatoms. The Morgan fingerprint density at radius 1 is 1.18 bits per heavy atom. The van der Waals surface area contributed by atoms with Gasteiger partial charge in [0.15, 0.2) is 0 Å². The molecule has 28 heavy (non-hydrogen) atoms. The van der Waals surface area contributed by atoms with Gasteiger partial charge >= 0.3 is 0 Å². The van der Waals surface area contributed by atoms with E-state index in [4.69, 9.17) is 0 Å². The number of hydrogen-bond donors (Lipinski definition) is 2. The average molecular weight is 398 g/mol. The SMILES string of the molecule is Cc1c(C(=O)Nc2cccc(C(=O)NC(C)(C)C)c2)sc2ncn(C)c(=O)c12. The third-order valence-electron chi connectivity index (χ3n) is 4.09. The van der Waals surface area contributed by atoms with Crippen LogP contribution in [0.4, 0.5) is 5.69 Å². The van der Waals surface area contributed by atoms with Gasteiger partial charge in [0.1, 0.15) is 4.83 Å². The van der Waals surface area contributed by atoms with Crippen LogP contribution in [0.15, 0.2) is 35.4 Å². The summed E-state index contributed by atoms with van der Waals surface area (Å²) in [7, 11) is 1.62. The largest absolute Gasteiger partial charge is 0.347 e. The molecule has 0 aliphatic rings. The van der Waals surface area contributed by atoms with Crippen molar-refractivity contribution in [2.24, 2.45) is 7.05 Å². The minimum absolute atomic E-state index is 0.182. The molecule has 2 N–H and O–H groups in total. The Bertz CT molecular complexity index is 1140. The van der Waals surface area contributed by atoms with Crippen molar-refractivity contribution in [1.29, 1.82) is 0 Å². The molecule has 146 valence electrons. The number of aromatic nitrogens is 2. The van der Waals surface area contributed by atoms with Crippen molar-refractivity contribution in [2.45, 2.75) is 33.2 Å². The number of hydrogen-bond acceptors (Lipinski definition) is 5. The first-order chi connectivity index (χ1) is 13.1. The molecule has 0 bridgehead atoms. The lowest BCUT2D eigenvalue weighted by molar-refractivity contribution is 0.0918. The zero-order valence-corrected chi connectivity index (χ0v) is 17.2. The number of nitrogens with zero attached hydrogens (tertiary/aromatic N) is 2. The van der Waals surface area contributed by atoms with Crippen LogP contribution in [-0.2, 0) is 7.05 Å². The van der Waals surface area contributed by atoms with Crippen LogP contribution in [-0.4, -0.2) is 26.9 Å². The number of aryl methyl sites for hydroxylation is 2. The quantitative estimate of drug-likeness (QED) is 0.709. The van der Waals surface area contributed by atoms with E-state index < -0.39 is 0 Å². The van der Waals surface area contributed by atoms with Gasteiger partial charge in [-0.25, -0.2) is 4.98 Å². The first-order valence-corrected chi connectivity index (χ1v) is 9.57. The molecule has 0 spiro atoms. The summed E-state index contributed by atoms with van der Waals surface area (Å²) in [5, 5.41) is 6.16. The molecule has 2 amide bonds. The van der Waals surface area contributed by atoms with Crippen molar-refractivity contribution in [3.8, 4) is 0 Å². The highest BCUT2D eigenvalue weighted by molar-refractivity contribution is 7.20. The molecule has 1 aromatic carbocycles. The fraction of sp³-hybridized carbons (Fsp3) is 0.300. The van der Waals surface area contributed by atoms with Gasteiger partial charge in [0, 0.05) is 23.8 Å². The zero-order valence-electron chi connectivity index (χ0n) is 16.4. The summed E-state index contributed by atoms with van der Waals surface area (Å²) in [4.78, 5) is 42.6. The second kappa shape index (κ2) is 7.20. The molecule has 7 nitrogen and oxygen atoms in total. The lowest BCUT2D eigenvalue weighted by Gasteiger charge is -2.20. The Labute approximate surface area is 166 Å². The fourth-order valence-electron chi connectivity index (χ4n) is 2.76. The number of amides is 2. The van der Waals surface area contributed by atoms with Crippen LogP contribution < -0.4 is 16.2 Å². The van der Waals surface area contributed by atoms with Crippen molar-refractivity contribution in [2.75, 3.05) is 5.32 Å². The molecule has 0 saturated carbocycles. The lowest BCUT2D eigenvalue weighted by atomic mass is 10.1. The van der Waals surface area contributed by atoms with Crippen molar-refractivity contribution < 1.29 is 9.59 Å². The minimum Gasteiger partial charge on any atom is -0.347 e. The summed E-state index contributed by atoms with van der Waals surface area (Å²) in [6.45, 7) is 7.45. The van der Waals surface area contributed by atoms with E-state index in [1.165, 1.54) is 22.2 Å². The Balaban J connectivity index is 1.88. The van der Waals surface area contributed by atoms with E-state index in [1.54, 1.807) is 38.2 Å². The molecule has 3 aromatic rings. The monoisotopic (exact) mass is 398 g/mol. The molecular weight excluding hydrogens is 376 g/mol. The average Bonchev–Trinajstić information content (AvgIpc) is 2.94. The van der Waals surface area contributed by atoms with Crippen LogP contribution in [0.2, 0.25) is 0 Å². The van der Waals surface area contributed by atoms with Gasteiger partial charge in [-0.1, -0.05) is 6.07 Å². The molecule has 0 unspecified atom stereocenters. The number of carbonyl (C=O) groups is 2. The van der Waals surface area contributed by atoms with Crippen LogP contribution >= 0.6 is 11.3 Å². The highest BCUT2D eigenvalue weighted by Crippen LogP contribution is 2.27. The molecule has 0 aliphatic heterocycles. The maximum absolute atomic E-state index is 12.8. The molecule has 0 saturated heterocycles. The van der Waals surface area contributed by atoms with Gasteiger partial charge in [-0.3, -0.25) is 14.4 Å². The smallest absolute Gasteiger partial charge is 0.266 e. The van der Waals surface area contributed by atoms with Gasteiger partial charge in [-0.05, 0) is 51.5 Å². The van der Waals surface area contributed by atoms with Crippen LogP contribution in [0.25, 0.3) is 10.2 Å². The van der Waals surface area contributed by atoms with Gasteiger partial charge in [-0.15, -0.1) is 11.3 Å². The maximum Gasteiger partial charge on any atom is 0.266 e. The molecule has 0 aliphatic carbocycles. The predicted octanol–water partition coefficient (Wildman–Crippen LogP) is 3.08. The summed E-state index contributed by atoms with van der Waals surface area (Å²) < 4.78 is 1.39. The van der Waals surface area contributed by atoms with Crippen LogP contribution in [0.1, 0.15) is 46.4 Å². The number of thiophene rings is 1. The molecule has 0 fully saturated rings. The Kier molecular flexibility index (Phi) is 5.08. The zero-order chi connectivity index (χ0) is 20.6. The third-order valence-corrected chi connectivity index (χ3v) is 5.29. The highest BCUT2D eigenvalue weighted by Gasteiger charge is 2.20. The molecule has 0 atom stereocenters. The predicted molar refractivity (Wildman–Crippen MR) is 111 cm³/mol. The molecule has 0 radical (unpaired) electrons. The van der Waals surface area contributed by atoms with E-state index in [-0.39, 0.29) is 22.9 Å². The standard InChI is InChI=1S/C20H22N4O3S/c1-11-14-18(21-10-24(5)19(14)27)28-15(11)17(26)22-13-8-6-7-12(9-13)16(25)23-20(2,3)4/h6-10H,1-5H3,(H,22,26)(H,23,25). The molecule has 3 rings (SSSR count). The third kappa shape index (κ3) is 3.96. The van der Waals surface area contributed by atoms with E-state index in [9.17, 15) is 14.4 Å². The van der Waals surface area contributed by atoms with Crippen LogP contribution in [0, 0.1) is 6.92 Å². The van der Waals surface area contributed by atoms with Crippen molar-refractivity contribution >= 4 is 39.1 Å². The van der Waals surface area contributed by atoms with Crippen LogP contribution in [0.3, 0.4) is 0 Å². The van der Waals surface area contributed by atoms with Crippen molar-refractivity contribution in [1.82, 2.24) is 14.9 Å². The van der Waals surface area contributed by atoms with E-state index in [1.807, 2.05) is 20.8 Å². The van der Waals surface area contributed by atoms with E-state index in [2.05, 4.69) is 15.6 Å². The number of benzene rings is 1. The lowest BCUT2D eigenvalue weighted by Crippen LogP contribution is -2.40. The van der Waals surface area contributed by atoms with Crippen LogP contribution in [0.5, 0.6) is 0 Å². The van der Waals surface area contributed by atoms with E-state index in [0.717, 1.165) is 0 Å². The van der Waals surface area contributed by atoms with Gasteiger partial charge in [0.25, 0.3) is 17.4 Å². The number of anilines is 1. The molecule has 2 heterocycles. The number of rotatable bonds is 3. The summed E-state index contributed by atoms with van der Waals surface area (Å²) in [5.74, 6) is -0.551. The van der Waals surface area contributed by atoms with Crippen molar-refractivity contribution in [3.63, 3.8) is 0 Å². The minimum atomic E-state index is -0.357. The summed E-state index contributed by atoms with van der Waals surface area (Å²) in [5.41, 5.74) is 1.02. The van der Waals surface area contributed by atoms with Crippen molar-refractivity contribution in [3.05, 3.63) is 57.0 Å². The number of nitrogens with one attached hydrogen (secondary N) is 2. The summed E-state index contributed by atoms with van der Waals surface area (Å²) in [6, 6.07) is 6.74. The number of fused-ring (bicyclic) bond motifs is 1. The van der Waals surface area contributed by atoms with Gasteiger partial charge < -0.3 is 15.2 Å². The first-order valence-electron chi connectivity index (χ1n) is 8.75. The van der Waals surface area contributed by atoms with Gasteiger partial charge in [-0.2, -0.15) is 0 Å². The Morgan fingerprint density at radius 3 is 2.57 bits per heavy atom. The van der Waals surface area contributed by atoms with Gasteiger partial charge in [0.2, 0.25) is 0 Å². The Morgan fingerprint density at radius 2 is 1.89 bits per heavy atom. The highest BCUT2D eigenvalue weighted by atomic mass is 32.1. The number of carbonyl (C=O) groups excluding carboxylic acids is 2. The fourth-order valence-corrected chi connectivity index (χ4v) is 3.80. The maximum atomic E-state index is 12.8. The summed E-state index contributed by atoms with van der Waals surface area (Å²) >= 11 is 1.18. The first kappa shape index (κ1) is 19.8. The second-order valence-corrected chi connectivity index (χ2v) is 8.64.